The van der Waals surface area contributed by atoms with Crippen LogP contribution >= 0.6 is 11.3 Å². The predicted molar refractivity (Wildman–Crippen MR) is 102 cm³/mol. The van der Waals surface area contributed by atoms with Gasteiger partial charge in [0.1, 0.15) is 13.3 Å². The molecule has 25 heavy (non-hydrogen) atoms. The number of para-hydroxylation sites is 1. The lowest BCUT2D eigenvalue weighted by atomic mass is 10.2. The van der Waals surface area contributed by atoms with E-state index in [2.05, 4.69) is 34.8 Å². The summed E-state index contributed by atoms with van der Waals surface area (Å²) in [5, 5.41) is 8.50. The van der Waals surface area contributed by atoms with Crippen molar-refractivity contribution >= 4 is 35.6 Å². The van der Waals surface area contributed by atoms with Crippen LogP contribution in [0.15, 0.2) is 24.5 Å². The third-order valence-corrected chi connectivity index (χ3v) is 6.09. The van der Waals surface area contributed by atoms with Gasteiger partial charge >= 0.3 is 0 Å². The Hall–Kier alpha value is -1.97. The van der Waals surface area contributed by atoms with E-state index in [4.69, 9.17) is 15.2 Å². The van der Waals surface area contributed by atoms with Crippen LogP contribution < -0.4 is 10.5 Å². The van der Waals surface area contributed by atoms with Crippen molar-refractivity contribution in [1.29, 1.82) is 0 Å². The van der Waals surface area contributed by atoms with E-state index in [9.17, 15) is 0 Å². The highest BCUT2D eigenvalue weighted by molar-refractivity contribution is 7.16. The van der Waals surface area contributed by atoms with Gasteiger partial charge in [-0.25, -0.2) is 4.98 Å². The van der Waals surface area contributed by atoms with Crippen LogP contribution in [0.4, 0.5) is 5.13 Å². The number of nitrogens with zero attached hydrogens (tertiary/aromatic N) is 4. The van der Waals surface area contributed by atoms with E-state index in [1.807, 2.05) is 29.1 Å². The molecular weight excluding hydrogens is 354 g/mol. The standard InChI is InChI=1S/C16H23N5O2SSi/c1-25(2,3)8-7-22-11-21-10-18-13-6-4-5-12(14(13)21)9-23-16-20-19-15(17)24-16/h4-6,10H,7-9,11H2,1-3H3,(H2,17,19). The summed E-state index contributed by atoms with van der Waals surface area (Å²) in [5.74, 6) is 0. The number of imidazole rings is 1. The second-order valence-corrected chi connectivity index (χ2v) is 13.6. The topological polar surface area (TPSA) is 88.1 Å². The quantitative estimate of drug-likeness (QED) is 0.478. The lowest BCUT2D eigenvalue weighted by Gasteiger charge is -2.16. The molecule has 0 aliphatic heterocycles. The summed E-state index contributed by atoms with van der Waals surface area (Å²) in [7, 11) is -1.08. The molecule has 0 aliphatic carbocycles. The second-order valence-electron chi connectivity index (χ2n) is 7.04. The molecular formula is C16H23N5O2SSi. The molecule has 2 aromatic heterocycles. The van der Waals surface area contributed by atoms with Crippen LogP contribution in [0.25, 0.3) is 11.0 Å². The van der Waals surface area contributed by atoms with Gasteiger partial charge in [-0.2, -0.15) is 0 Å². The summed E-state index contributed by atoms with van der Waals surface area (Å²) in [4.78, 5) is 4.46. The molecule has 3 aromatic rings. The van der Waals surface area contributed by atoms with Gasteiger partial charge in [0, 0.05) is 20.2 Å². The van der Waals surface area contributed by atoms with Gasteiger partial charge in [-0.15, -0.1) is 5.10 Å². The van der Waals surface area contributed by atoms with Crippen LogP contribution in [-0.4, -0.2) is 34.4 Å². The number of hydrogen-bond acceptors (Lipinski definition) is 7. The van der Waals surface area contributed by atoms with E-state index >= 15 is 0 Å². The highest BCUT2D eigenvalue weighted by Crippen LogP contribution is 2.23. The molecule has 0 atom stereocenters. The molecule has 0 radical (unpaired) electrons. The zero-order chi connectivity index (χ0) is 17.9. The van der Waals surface area contributed by atoms with Crippen LogP contribution in [0.1, 0.15) is 5.56 Å². The molecule has 7 nitrogen and oxygen atoms in total. The predicted octanol–water partition coefficient (Wildman–Crippen LogP) is 3.36. The summed E-state index contributed by atoms with van der Waals surface area (Å²) in [6, 6.07) is 7.13. The number of benzene rings is 1. The Kier molecular flexibility index (Phi) is 5.35. The first-order valence-corrected chi connectivity index (χ1v) is 12.7. The summed E-state index contributed by atoms with van der Waals surface area (Å²) in [5.41, 5.74) is 8.55. The number of nitrogens with two attached hydrogens (primary N) is 1. The minimum atomic E-state index is -1.08. The highest BCUT2D eigenvalue weighted by atomic mass is 32.1. The van der Waals surface area contributed by atoms with Crippen molar-refractivity contribution in [3.8, 4) is 5.19 Å². The van der Waals surface area contributed by atoms with Gasteiger partial charge in [0.2, 0.25) is 5.13 Å². The van der Waals surface area contributed by atoms with Crippen molar-refractivity contribution < 1.29 is 9.47 Å². The molecule has 2 heterocycles. The maximum Gasteiger partial charge on any atom is 0.296 e. The largest absolute Gasteiger partial charge is 0.464 e. The normalized spacial score (nSPS) is 12.0. The summed E-state index contributed by atoms with van der Waals surface area (Å²) >= 11 is 1.23. The van der Waals surface area contributed by atoms with Crippen molar-refractivity contribution in [2.45, 2.75) is 39.0 Å². The summed E-state index contributed by atoms with van der Waals surface area (Å²) < 4.78 is 13.6. The van der Waals surface area contributed by atoms with Gasteiger partial charge in [-0.1, -0.05) is 36.9 Å². The van der Waals surface area contributed by atoms with Gasteiger partial charge in [-0.05, 0) is 23.4 Å². The fraction of sp³-hybridized carbons (Fsp3) is 0.438. The van der Waals surface area contributed by atoms with Crippen LogP contribution in [0.5, 0.6) is 5.19 Å². The third kappa shape index (κ3) is 4.77. The molecule has 9 heteroatoms. The fourth-order valence-corrected chi connectivity index (χ4v) is 3.59. The van der Waals surface area contributed by atoms with Crippen molar-refractivity contribution in [1.82, 2.24) is 19.7 Å². The van der Waals surface area contributed by atoms with E-state index in [1.54, 1.807) is 0 Å². The first-order valence-electron chi connectivity index (χ1n) is 8.15. The van der Waals surface area contributed by atoms with Crippen molar-refractivity contribution in [3.05, 3.63) is 30.1 Å². The van der Waals surface area contributed by atoms with E-state index in [-0.39, 0.29) is 0 Å². The molecule has 0 saturated heterocycles. The third-order valence-electron chi connectivity index (χ3n) is 3.72. The molecule has 2 N–H and O–H groups in total. The molecule has 3 rings (SSSR count). The van der Waals surface area contributed by atoms with Crippen LogP contribution in [-0.2, 0) is 18.1 Å². The van der Waals surface area contributed by atoms with Crippen molar-refractivity contribution in [2.24, 2.45) is 0 Å². The maximum absolute atomic E-state index is 5.86. The summed E-state index contributed by atoms with van der Waals surface area (Å²) in [6.45, 7) is 8.68. The molecule has 0 fully saturated rings. The lowest BCUT2D eigenvalue weighted by molar-refractivity contribution is 0.0897. The zero-order valence-corrected chi connectivity index (χ0v) is 16.5. The molecule has 0 bridgehead atoms. The van der Waals surface area contributed by atoms with Crippen molar-refractivity contribution in [3.63, 3.8) is 0 Å². The van der Waals surface area contributed by atoms with E-state index in [0.29, 0.717) is 23.7 Å². The number of rotatable bonds is 8. The van der Waals surface area contributed by atoms with Crippen LogP contribution in [0.3, 0.4) is 0 Å². The second kappa shape index (κ2) is 7.50. The number of ether oxygens (including phenoxy) is 2. The van der Waals surface area contributed by atoms with E-state index in [0.717, 1.165) is 29.2 Å². The molecule has 134 valence electrons. The minimum Gasteiger partial charge on any atom is -0.464 e. The van der Waals surface area contributed by atoms with Gasteiger partial charge < -0.3 is 19.8 Å². The Labute approximate surface area is 151 Å². The maximum atomic E-state index is 5.86. The summed E-state index contributed by atoms with van der Waals surface area (Å²) in [6.07, 6.45) is 1.81. The molecule has 0 amide bonds. The number of hydrogen-bond donors (Lipinski definition) is 1. The van der Waals surface area contributed by atoms with E-state index < -0.39 is 8.07 Å². The zero-order valence-electron chi connectivity index (χ0n) is 14.7. The molecule has 0 unspecified atom stereocenters. The molecule has 0 aliphatic rings. The highest BCUT2D eigenvalue weighted by Gasteiger charge is 2.13. The van der Waals surface area contributed by atoms with Crippen molar-refractivity contribution in [2.75, 3.05) is 12.3 Å². The molecule has 0 saturated carbocycles. The van der Waals surface area contributed by atoms with Gasteiger partial charge in [0.15, 0.2) is 0 Å². The first kappa shape index (κ1) is 17.8. The van der Waals surface area contributed by atoms with Gasteiger partial charge in [0.05, 0.1) is 17.4 Å². The number of nitrogen functional groups attached to an aromatic ring is 1. The Morgan fingerprint density at radius 1 is 1.24 bits per heavy atom. The minimum absolute atomic E-state index is 0.382. The number of fused-ring (bicyclic) bond motifs is 1. The first-order chi connectivity index (χ1) is 11.9. The number of anilines is 1. The van der Waals surface area contributed by atoms with Crippen LogP contribution in [0, 0.1) is 0 Å². The average molecular weight is 378 g/mol. The fourth-order valence-electron chi connectivity index (χ4n) is 2.38. The monoisotopic (exact) mass is 377 g/mol. The average Bonchev–Trinajstić information content (AvgIpc) is 3.15. The molecule has 1 aromatic carbocycles. The Bertz CT molecular complexity index is 843. The van der Waals surface area contributed by atoms with Gasteiger partial charge in [0.25, 0.3) is 5.19 Å². The number of aromatic nitrogens is 4. The SMILES string of the molecule is C[Si](C)(C)CCOCn1cnc2cccc(COc3nnc(N)s3)c21. The Morgan fingerprint density at radius 3 is 2.80 bits per heavy atom. The van der Waals surface area contributed by atoms with Crippen LogP contribution in [0.2, 0.25) is 25.7 Å². The smallest absolute Gasteiger partial charge is 0.296 e. The van der Waals surface area contributed by atoms with Gasteiger partial charge in [-0.3, -0.25) is 0 Å². The van der Waals surface area contributed by atoms with E-state index in [1.165, 1.54) is 11.3 Å². The Balaban J connectivity index is 1.69. The molecule has 0 spiro atoms. The lowest BCUT2D eigenvalue weighted by Crippen LogP contribution is -2.22. The Morgan fingerprint density at radius 2 is 2.08 bits per heavy atom.